The fourth-order valence-corrected chi connectivity index (χ4v) is 8.76. The molecule has 0 saturated carbocycles. The molecule has 57 heavy (non-hydrogen) atoms. The molecule has 0 spiro atoms. The first-order valence-electron chi connectivity index (χ1n) is 20.9. The molecule has 14 heteroatoms. The number of carbonyl (C=O) groups is 4. The third-order valence-corrected chi connectivity index (χ3v) is 12.1. The minimum absolute atomic E-state index is 0.000844. The van der Waals surface area contributed by atoms with Gasteiger partial charge in [-0.15, -0.1) is 0 Å². The number of ether oxygens (including phenoxy) is 2. The number of anilines is 1. The van der Waals surface area contributed by atoms with Crippen LogP contribution in [-0.4, -0.2) is 169 Å². The van der Waals surface area contributed by atoms with E-state index < -0.39 is 12.2 Å². The highest BCUT2D eigenvalue weighted by Gasteiger charge is 2.36. The number of hydrogen-bond donors (Lipinski definition) is 2. The first kappa shape index (κ1) is 42.2. The van der Waals surface area contributed by atoms with Crippen molar-refractivity contribution < 1.29 is 33.8 Å². The number of carbonyl (C=O) groups excluding carboxylic acids is 4. The summed E-state index contributed by atoms with van der Waals surface area (Å²) in [5.74, 6) is -0.115. The summed E-state index contributed by atoms with van der Waals surface area (Å²) in [4.78, 5) is 65.6. The normalized spacial score (nSPS) is 19.5. The molecule has 0 aromatic heterocycles. The zero-order valence-electron chi connectivity index (χ0n) is 34.4. The van der Waals surface area contributed by atoms with Gasteiger partial charge in [0.2, 0.25) is 0 Å². The first-order chi connectivity index (χ1) is 27.4. The highest BCUT2D eigenvalue weighted by molar-refractivity contribution is 5.91. The van der Waals surface area contributed by atoms with Crippen molar-refractivity contribution >= 4 is 29.7 Å². The third kappa shape index (κ3) is 11.4. The molecule has 2 aromatic rings. The molecule has 4 heterocycles. The number of phenols is 1. The van der Waals surface area contributed by atoms with Gasteiger partial charge in [0.25, 0.3) is 5.91 Å². The van der Waals surface area contributed by atoms with E-state index in [0.717, 1.165) is 75.2 Å². The molecule has 0 aliphatic carbocycles. The van der Waals surface area contributed by atoms with Gasteiger partial charge in [-0.05, 0) is 108 Å². The van der Waals surface area contributed by atoms with Crippen LogP contribution in [0.15, 0.2) is 36.4 Å². The maximum Gasteiger partial charge on any atom is 0.410 e. The van der Waals surface area contributed by atoms with Gasteiger partial charge < -0.3 is 44.4 Å². The number of piperidine rings is 2. The Bertz CT molecular complexity index is 1680. The van der Waals surface area contributed by atoms with E-state index in [1.165, 1.54) is 0 Å². The van der Waals surface area contributed by atoms with Gasteiger partial charge in [0.1, 0.15) is 5.75 Å². The lowest BCUT2D eigenvalue weighted by atomic mass is 10.00. The molecule has 3 fully saturated rings. The first-order valence-corrected chi connectivity index (χ1v) is 20.9. The smallest absolute Gasteiger partial charge is 0.410 e. The summed E-state index contributed by atoms with van der Waals surface area (Å²) in [6.07, 6.45) is 3.96. The molecule has 4 aliphatic heterocycles. The van der Waals surface area contributed by atoms with Crippen molar-refractivity contribution in [3.63, 3.8) is 0 Å². The van der Waals surface area contributed by atoms with Crippen LogP contribution in [0.25, 0.3) is 0 Å². The topological polar surface area (TPSA) is 138 Å². The lowest BCUT2D eigenvalue weighted by Crippen LogP contribution is -2.56. The van der Waals surface area contributed by atoms with Crippen molar-refractivity contribution in [1.29, 1.82) is 0 Å². The van der Waals surface area contributed by atoms with E-state index in [4.69, 9.17) is 9.47 Å². The SMILES string of the molecule is Cc1cc(C[C@@H](OC(=O)N2CCC(N3CCc4ccccc4NC3=O)CC2)C(=O)N2CCN(C3CCN(CCC(=O)OCCCN(C)C)CC3)CC2)cc(C)c1O. The van der Waals surface area contributed by atoms with Crippen molar-refractivity contribution in [1.82, 2.24) is 29.4 Å². The number of rotatable bonds is 13. The molecule has 0 radical (unpaired) electrons. The Morgan fingerprint density at radius 3 is 2.23 bits per heavy atom. The molecule has 4 amide bonds. The summed E-state index contributed by atoms with van der Waals surface area (Å²) in [6, 6.07) is 11.9. The lowest BCUT2D eigenvalue weighted by molar-refractivity contribution is -0.145. The van der Waals surface area contributed by atoms with E-state index in [2.05, 4.69) is 20.0 Å². The molecular weight excluding hydrogens is 727 g/mol. The summed E-state index contributed by atoms with van der Waals surface area (Å²) >= 11 is 0. The molecule has 14 nitrogen and oxygen atoms in total. The van der Waals surface area contributed by atoms with E-state index in [0.29, 0.717) is 82.3 Å². The minimum atomic E-state index is -1.01. The monoisotopic (exact) mass is 789 g/mol. The number of nitrogens with one attached hydrogen (secondary N) is 1. The van der Waals surface area contributed by atoms with Crippen LogP contribution in [0.4, 0.5) is 15.3 Å². The van der Waals surface area contributed by atoms with E-state index in [1.807, 2.05) is 74.1 Å². The Balaban J connectivity index is 0.992. The maximum atomic E-state index is 14.2. The Labute approximate surface area is 338 Å². The molecule has 1 atom stereocenters. The number of amides is 4. The Morgan fingerprint density at radius 1 is 0.877 bits per heavy atom. The number of aromatic hydroxyl groups is 1. The number of likely N-dealkylation sites (tertiary alicyclic amines) is 2. The number of aryl methyl sites for hydroxylation is 2. The second-order valence-electron chi connectivity index (χ2n) is 16.5. The summed E-state index contributed by atoms with van der Waals surface area (Å²) in [7, 11) is 4.02. The van der Waals surface area contributed by atoms with Crippen LogP contribution in [0.2, 0.25) is 0 Å². The van der Waals surface area contributed by atoms with Crippen molar-refractivity contribution in [2.75, 3.05) is 98.0 Å². The summed E-state index contributed by atoms with van der Waals surface area (Å²) in [5, 5.41) is 13.5. The van der Waals surface area contributed by atoms with Crippen LogP contribution in [0.3, 0.4) is 0 Å². The molecule has 6 rings (SSSR count). The lowest BCUT2D eigenvalue weighted by Gasteiger charge is -2.43. The minimum Gasteiger partial charge on any atom is -0.507 e. The van der Waals surface area contributed by atoms with Crippen LogP contribution in [0.1, 0.15) is 60.8 Å². The Kier molecular flexibility index (Phi) is 14.7. The average molecular weight is 790 g/mol. The van der Waals surface area contributed by atoms with Gasteiger partial charge in [-0.2, -0.15) is 0 Å². The van der Waals surface area contributed by atoms with Crippen molar-refractivity contribution in [3.05, 3.63) is 58.7 Å². The van der Waals surface area contributed by atoms with Gasteiger partial charge in [0, 0.05) is 83.1 Å². The fraction of sp³-hybridized carbons (Fsp3) is 0.628. The molecule has 312 valence electrons. The number of piperazine rings is 1. The largest absolute Gasteiger partial charge is 0.507 e. The van der Waals surface area contributed by atoms with Crippen LogP contribution < -0.4 is 5.32 Å². The molecule has 0 unspecified atom stereocenters. The summed E-state index contributed by atoms with van der Waals surface area (Å²) in [6.45, 7) is 11.6. The third-order valence-electron chi connectivity index (χ3n) is 12.1. The number of hydrogen-bond acceptors (Lipinski definition) is 10. The van der Waals surface area contributed by atoms with E-state index in [9.17, 15) is 24.3 Å². The number of nitrogens with zero attached hydrogens (tertiary/aromatic N) is 6. The quantitative estimate of drug-likeness (QED) is 0.226. The fourth-order valence-electron chi connectivity index (χ4n) is 8.76. The standard InChI is InChI=1S/C43H63N7O7/c1-31-28-33(29-32(2)40(31)52)30-38(57-43(55)49-20-13-36(14-21-49)50-22-10-34-8-5-6-9-37(34)44-42(50)54)41(53)48-25-23-47(24-26-48)35-11-17-46(18-12-35)19-15-39(51)56-27-7-16-45(3)4/h5-6,8-9,28-29,35-36,38,52H,7,10-27,30H2,1-4H3,(H,44,54)/t38-/m1/s1. The zero-order valence-corrected chi connectivity index (χ0v) is 34.4. The van der Waals surface area contributed by atoms with E-state index >= 15 is 0 Å². The van der Waals surface area contributed by atoms with Gasteiger partial charge in [-0.1, -0.05) is 30.3 Å². The van der Waals surface area contributed by atoms with Crippen LogP contribution in [0, 0.1) is 13.8 Å². The number of urea groups is 1. The predicted octanol–water partition coefficient (Wildman–Crippen LogP) is 4.10. The van der Waals surface area contributed by atoms with E-state index in [1.54, 1.807) is 4.90 Å². The number of esters is 1. The van der Waals surface area contributed by atoms with Crippen molar-refractivity contribution in [2.45, 2.75) is 83.4 Å². The maximum absolute atomic E-state index is 14.2. The van der Waals surface area contributed by atoms with Crippen LogP contribution in [0.5, 0.6) is 5.75 Å². The van der Waals surface area contributed by atoms with E-state index in [-0.39, 0.29) is 36.1 Å². The second kappa shape index (κ2) is 19.8. The van der Waals surface area contributed by atoms with Gasteiger partial charge in [-0.3, -0.25) is 14.5 Å². The number of phenolic OH excluding ortho intramolecular Hbond substituents is 1. The zero-order chi connectivity index (χ0) is 40.5. The Hall–Kier alpha value is -4.40. The average Bonchev–Trinajstić information content (AvgIpc) is 3.38. The second-order valence-corrected chi connectivity index (χ2v) is 16.5. The van der Waals surface area contributed by atoms with Gasteiger partial charge in [-0.25, -0.2) is 9.59 Å². The molecule has 2 N–H and O–H groups in total. The van der Waals surface area contributed by atoms with Crippen LogP contribution >= 0.6 is 0 Å². The van der Waals surface area contributed by atoms with Gasteiger partial charge in [0.05, 0.1) is 13.0 Å². The Morgan fingerprint density at radius 2 is 1.54 bits per heavy atom. The number of fused-ring (bicyclic) bond motifs is 1. The highest BCUT2D eigenvalue weighted by atomic mass is 16.6. The molecule has 3 saturated heterocycles. The number of para-hydroxylation sites is 1. The van der Waals surface area contributed by atoms with Crippen molar-refractivity contribution in [2.24, 2.45) is 0 Å². The number of benzene rings is 2. The van der Waals surface area contributed by atoms with Crippen molar-refractivity contribution in [3.8, 4) is 5.75 Å². The molecule has 2 aromatic carbocycles. The molecule has 0 bridgehead atoms. The van der Waals surface area contributed by atoms with Crippen LogP contribution in [-0.2, 0) is 31.9 Å². The molecule has 4 aliphatic rings. The highest BCUT2D eigenvalue weighted by Crippen LogP contribution is 2.27. The summed E-state index contributed by atoms with van der Waals surface area (Å²) in [5.41, 5.74) is 4.20. The van der Waals surface area contributed by atoms with Gasteiger partial charge >= 0.3 is 18.1 Å². The van der Waals surface area contributed by atoms with Gasteiger partial charge in [0.15, 0.2) is 6.10 Å². The molecular formula is C43H63N7O7. The predicted molar refractivity (Wildman–Crippen MR) is 218 cm³/mol. The summed E-state index contributed by atoms with van der Waals surface area (Å²) < 4.78 is 11.5.